The predicted molar refractivity (Wildman–Crippen MR) is 86.0 cm³/mol. The summed E-state index contributed by atoms with van der Waals surface area (Å²) in [4.78, 5) is 4.91. The molecule has 2 nitrogen and oxygen atoms in total. The van der Waals surface area contributed by atoms with Gasteiger partial charge in [0.15, 0.2) is 0 Å². The van der Waals surface area contributed by atoms with E-state index in [-0.39, 0.29) is 11.0 Å². The SMILES string of the molecule is CCCCCC(C)(NCC)c1nc(C(C)(C)C)cs1. The zero-order valence-electron chi connectivity index (χ0n) is 13.5. The van der Waals surface area contributed by atoms with Crippen molar-refractivity contribution in [1.29, 1.82) is 0 Å². The molecule has 0 aliphatic carbocycles. The average molecular weight is 282 g/mol. The maximum atomic E-state index is 4.91. The number of aromatic nitrogens is 1. The highest BCUT2D eigenvalue weighted by atomic mass is 32.1. The second-order valence-corrected chi connectivity index (χ2v) is 7.47. The van der Waals surface area contributed by atoms with Gasteiger partial charge in [-0.2, -0.15) is 0 Å². The van der Waals surface area contributed by atoms with Crippen LogP contribution in [0.5, 0.6) is 0 Å². The highest BCUT2D eigenvalue weighted by Gasteiger charge is 2.30. The van der Waals surface area contributed by atoms with Gasteiger partial charge in [0.2, 0.25) is 0 Å². The Balaban J connectivity index is 2.88. The molecular weight excluding hydrogens is 252 g/mol. The van der Waals surface area contributed by atoms with Crippen molar-refractivity contribution in [3.8, 4) is 0 Å². The summed E-state index contributed by atoms with van der Waals surface area (Å²) in [6.07, 6.45) is 5.02. The maximum Gasteiger partial charge on any atom is 0.113 e. The summed E-state index contributed by atoms with van der Waals surface area (Å²) >= 11 is 1.81. The third-order valence-electron chi connectivity index (χ3n) is 3.59. The summed E-state index contributed by atoms with van der Waals surface area (Å²) in [5, 5.41) is 7.12. The van der Waals surface area contributed by atoms with Crippen molar-refractivity contribution in [1.82, 2.24) is 10.3 Å². The molecule has 110 valence electrons. The van der Waals surface area contributed by atoms with Gasteiger partial charge in [-0.1, -0.05) is 53.9 Å². The van der Waals surface area contributed by atoms with Crippen LogP contribution >= 0.6 is 11.3 Å². The van der Waals surface area contributed by atoms with Crippen molar-refractivity contribution in [3.05, 3.63) is 16.1 Å². The molecule has 0 saturated heterocycles. The Hall–Kier alpha value is -0.410. The van der Waals surface area contributed by atoms with Gasteiger partial charge in [-0.3, -0.25) is 0 Å². The first kappa shape index (κ1) is 16.6. The molecule has 1 aromatic rings. The minimum absolute atomic E-state index is 0.0398. The lowest BCUT2D eigenvalue weighted by atomic mass is 9.92. The standard InChI is InChI=1S/C16H30N2S/c1-7-9-10-11-16(6,17-8-2)14-18-13(12-19-14)15(3,4)5/h12,17H,7-11H2,1-6H3. The molecule has 1 N–H and O–H groups in total. The third-order valence-corrected chi connectivity index (χ3v) is 4.70. The Morgan fingerprint density at radius 2 is 1.84 bits per heavy atom. The summed E-state index contributed by atoms with van der Waals surface area (Å²) in [5.74, 6) is 0. The van der Waals surface area contributed by atoms with E-state index in [9.17, 15) is 0 Å². The molecule has 0 saturated carbocycles. The molecule has 1 atom stereocenters. The lowest BCUT2D eigenvalue weighted by molar-refractivity contribution is 0.332. The maximum absolute atomic E-state index is 4.91. The first-order chi connectivity index (χ1) is 8.83. The first-order valence-corrected chi connectivity index (χ1v) is 8.43. The molecule has 1 rings (SSSR count). The van der Waals surface area contributed by atoms with Gasteiger partial charge in [0.05, 0.1) is 11.2 Å². The van der Waals surface area contributed by atoms with E-state index < -0.39 is 0 Å². The highest BCUT2D eigenvalue weighted by molar-refractivity contribution is 7.09. The average Bonchev–Trinajstić information content (AvgIpc) is 2.79. The summed E-state index contributed by atoms with van der Waals surface area (Å²) in [7, 11) is 0. The van der Waals surface area contributed by atoms with Crippen molar-refractivity contribution in [2.24, 2.45) is 0 Å². The molecule has 19 heavy (non-hydrogen) atoms. The largest absolute Gasteiger partial charge is 0.306 e. The Morgan fingerprint density at radius 3 is 2.32 bits per heavy atom. The van der Waals surface area contributed by atoms with Crippen molar-refractivity contribution >= 4 is 11.3 Å². The van der Waals surface area contributed by atoms with E-state index in [1.807, 2.05) is 11.3 Å². The summed E-state index contributed by atoms with van der Waals surface area (Å²) in [6, 6.07) is 0. The van der Waals surface area contributed by atoms with Gasteiger partial charge in [0, 0.05) is 10.8 Å². The molecule has 0 spiro atoms. The van der Waals surface area contributed by atoms with Crippen molar-refractivity contribution in [2.75, 3.05) is 6.54 Å². The molecule has 0 aromatic carbocycles. The Morgan fingerprint density at radius 1 is 1.16 bits per heavy atom. The molecule has 1 aromatic heterocycles. The van der Waals surface area contributed by atoms with Gasteiger partial charge in [-0.25, -0.2) is 4.98 Å². The number of rotatable bonds is 7. The van der Waals surface area contributed by atoms with Crippen LogP contribution in [-0.4, -0.2) is 11.5 Å². The summed E-state index contributed by atoms with van der Waals surface area (Å²) in [6.45, 7) is 14.4. The Kier molecular flexibility index (Phi) is 6.00. The monoisotopic (exact) mass is 282 g/mol. The fourth-order valence-corrected chi connectivity index (χ4v) is 3.48. The Labute approximate surface area is 123 Å². The minimum Gasteiger partial charge on any atom is -0.306 e. The van der Waals surface area contributed by atoms with E-state index in [1.54, 1.807) is 0 Å². The van der Waals surface area contributed by atoms with E-state index in [1.165, 1.54) is 36.4 Å². The van der Waals surface area contributed by atoms with Gasteiger partial charge < -0.3 is 5.32 Å². The zero-order chi connectivity index (χ0) is 14.5. The molecular formula is C16H30N2S. The summed E-state index contributed by atoms with van der Waals surface area (Å²) < 4.78 is 0. The van der Waals surface area contributed by atoms with Gasteiger partial charge in [-0.05, 0) is 19.9 Å². The molecule has 0 amide bonds. The predicted octanol–water partition coefficient (Wildman–Crippen LogP) is 4.85. The van der Waals surface area contributed by atoms with E-state index in [0.29, 0.717) is 0 Å². The van der Waals surface area contributed by atoms with E-state index in [0.717, 1.165) is 6.54 Å². The van der Waals surface area contributed by atoms with Crippen LogP contribution in [0.1, 0.15) is 77.9 Å². The van der Waals surface area contributed by atoms with Crippen LogP contribution in [0, 0.1) is 0 Å². The number of nitrogens with zero attached hydrogens (tertiary/aromatic N) is 1. The molecule has 1 heterocycles. The zero-order valence-corrected chi connectivity index (χ0v) is 14.3. The van der Waals surface area contributed by atoms with Gasteiger partial charge in [0.1, 0.15) is 5.01 Å². The van der Waals surface area contributed by atoms with Gasteiger partial charge in [0.25, 0.3) is 0 Å². The van der Waals surface area contributed by atoms with E-state index in [4.69, 9.17) is 4.98 Å². The highest BCUT2D eigenvalue weighted by Crippen LogP contribution is 2.33. The van der Waals surface area contributed by atoms with Crippen LogP contribution in [0.3, 0.4) is 0 Å². The number of thiazole rings is 1. The topological polar surface area (TPSA) is 24.9 Å². The number of hydrogen-bond acceptors (Lipinski definition) is 3. The van der Waals surface area contributed by atoms with Crippen molar-refractivity contribution in [2.45, 2.75) is 78.2 Å². The van der Waals surface area contributed by atoms with Gasteiger partial charge >= 0.3 is 0 Å². The van der Waals surface area contributed by atoms with Crippen LogP contribution in [0.4, 0.5) is 0 Å². The lowest BCUT2D eigenvalue weighted by Gasteiger charge is -2.29. The number of hydrogen-bond donors (Lipinski definition) is 1. The van der Waals surface area contributed by atoms with Crippen LogP contribution in [0.25, 0.3) is 0 Å². The van der Waals surface area contributed by atoms with E-state index in [2.05, 4.69) is 52.2 Å². The van der Waals surface area contributed by atoms with E-state index >= 15 is 0 Å². The molecule has 0 fully saturated rings. The first-order valence-electron chi connectivity index (χ1n) is 7.55. The Bertz CT molecular complexity index is 378. The van der Waals surface area contributed by atoms with Crippen LogP contribution in [0.15, 0.2) is 5.38 Å². The fraction of sp³-hybridized carbons (Fsp3) is 0.812. The molecule has 0 bridgehead atoms. The van der Waals surface area contributed by atoms with Crippen molar-refractivity contribution < 1.29 is 0 Å². The normalized spacial score (nSPS) is 15.5. The smallest absolute Gasteiger partial charge is 0.113 e. The second kappa shape index (κ2) is 6.85. The van der Waals surface area contributed by atoms with Crippen molar-refractivity contribution in [3.63, 3.8) is 0 Å². The summed E-state index contributed by atoms with van der Waals surface area (Å²) in [5.41, 5.74) is 1.40. The molecule has 1 unspecified atom stereocenters. The molecule has 0 radical (unpaired) electrons. The fourth-order valence-electron chi connectivity index (χ4n) is 2.26. The van der Waals surface area contributed by atoms with Crippen LogP contribution in [-0.2, 0) is 11.0 Å². The lowest BCUT2D eigenvalue weighted by Crippen LogP contribution is -2.39. The van der Waals surface area contributed by atoms with Crippen LogP contribution < -0.4 is 5.32 Å². The minimum atomic E-state index is 0.0398. The second-order valence-electron chi connectivity index (χ2n) is 6.61. The van der Waals surface area contributed by atoms with Crippen LogP contribution in [0.2, 0.25) is 0 Å². The molecule has 0 aliphatic rings. The third kappa shape index (κ3) is 4.57. The number of nitrogens with one attached hydrogen (secondary N) is 1. The molecule has 3 heteroatoms. The quantitative estimate of drug-likeness (QED) is 0.723. The van der Waals surface area contributed by atoms with Gasteiger partial charge in [-0.15, -0.1) is 11.3 Å². The molecule has 0 aliphatic heterocycles. The number of unbranched alkanes of at least 4 members (excludes halogenated alkanes) is 2.